The molecular weight excluding hydrogens is 324 g/mol. The van der Waals surface area contributed by atoms with Crippen molar-refractivity contribution in [2.24, 2.45) is 0 Å². The summed E-state index contributed by atoms with van der Waals surface area (Å²) in [4.78, 5) is 23.7. The van der Waals surface area contributed by atoms with Crippen LogP contribution in [0.4, 0.5) is 0 Å². The lowest BCUT2D eigenvalue weighted by atomic mass is 10.1. The van der Waals surface area contributed by atoms with Crippen molar-refractivity contribution >= 4 is 23.4 Å². The number of rotatable bonds is 7. The van der Waals surface area contributed by atoms with Gasteiger partial charge in [0.05, 0.1) is 0 Å². The topological polar surface area (TPSA) is 58.2 Å². The van der Waals surface area contributed by atoms with Gasteiger partial charge in [0.1, 0.15) is 0 Å². The summed E-state index contributed by atoms with van der Waals surface area (Å²) in [5, 5.41) is 6.16. The molecule has 0 unspecified atom stereocenters. The number of benzene rings is 2. The van der Waals surface area contributed by atoms with Gasteiger partial charge in [0, 0.05) is 30.1 Å². The third-order valence-corrected chi connectivity index (χ3v) is 3.81. The molecule has 0 fully saturated rings. The summed E-state index contributed by atoms with van der Waals surface area (Å²) in [7, 11) is 0. The van der Waals surface area contributed by atoms with E-state index >= 15 is 0 Å². The smallest absolute Gasteiger partial charge is 0.251 e. The molecule has 0 saturated heterocycles. The zero-order valence-corrected chi connectivity index (χ0v) is 14.4. The summed E-state index contributed by atoms with van der Waals surface area (Å²) in [6.45, 7) is 2.83. The molecule has 5 heteroatoms. The molecule has 2 aromatic rings. The van der Waals surface area contributed by atoms with E-state index in [9.17, 15) is 9.59 Å². The van der Waals surface area contributed by atoms with E-state index in [0.29, 0.717) is 36.5 Å². The van der Waals surface area contributed by atoms with Gasteiger partial charge in [-0.1, -0.05) is 41.4 Å². The van der Waals surface area contributed by atoms with E-state index in [1.165, 1.54) is 5.56 Å². The maximum atomic E-state index is 11.9. The minimum absolute atomic E-state index is 0.0164. The predicted molar refractivity (Wildman–Crippen MR) is 96.3 cm³/mol. The Hall–Kier alpha value is -2.33. The van der Waals surface area contributed by atoms with E-state index in [1.807, 2.05) is 25.1 Å². The molecule has 2 N–H and O–H groups in total. The molecule has 0 aliphatic rings. The SMILES string of the molecule is Cc1cccc(CCC(=O)NCCNC(=O)c2ccc(Cl)cc2)c1. The first-order chi connectivity index (χ1) is 11.5. The van der Waals surface area contributed by atoms with Gasteiger partial charge in [-0.3, -0.25) is 9.59 Å². The van der Waals surface area contributed by atoms with E-state index in [2.05, 4.69) is 16.7 Å². The van der Waals surface area contributed by atoms with Crippen LogP contribution in [0.15, 0.2) is 48.5 Å². The lowest BCUT2D eigenvalue weighted by Crippen LogP contribution is -2.34. The number of carbonyl (C=O) groups is 2. The number of hydrogen-bond acceptors (Lipinski definition) is 2. The third-order valence-electron chi connectivity index (χ3n) is 3.56. The molecule has 2 aromatic carbocycles. The lowest BCUT2D eigenvalue weighted by Gasteiger charge is -2.08. The second-order valence-electron chi connectivity index (χ2n) is 5.60. The maximum Gasteiger partial charge on any atom is 0.251 e. The fraction of sp³-hybridized carbons (Fsp3) is 0.263. The van der Waals surface area contributed by atoms with Gasteiger partial charge in [-0.15, -0.1) is 0 Å². The Balaban J connectivity index is 1.64. The van der Waals surface area contributed by atoms with Gasteiger partial charge < -0.3 is 10.6 Å². The van der Waals surface area contributed by atoms with Gasteiger partial charge in [-0.05, 0) is 43.2 Å². The van der Waals surface area contributed by atoms with Crippen molar-refractivity contribution in [2.75, 3.05) is 13.1 Å². The standard InChI is InChI=1S/C19H21ClN2O2/c1-14-3-2-4-15(13-14)5-10-18(23)21-11-12-22-19(24)16-6-8-17(20)9-7-16/h2-4,6-9,13H,5,10-12H2,1H3,(H,21,23)(H,22,24). The Morgan fingerprint density at radius 3 is 2.42 bits per heavy atom. The summed E-state index contributed by atoms with van der Waals surface area (Å²) in [6.07, 6.45) is 1.15. The molecule has 4 nitrogen and oxygen atoms in total. The number of aryl methyl sites for hydroxylation is 2. The van der Waals surface area contributed by atoms with E-state index in [0.717, 1.165) is 5.56 Å². The molecule has 2 rings (SSSR count). The van der Waals surface area contributed by atoms with Crippen LogP contribution in [0.1, 0.15) is 27.9 Å². The molecule has 0 saturated carbocycles. The fourth-order valence-corrected chi connectivity index (χ4v) is 2.42. The van der Waals surface area contributed by atoms with Crippen LogP contribution in [0.5, 0.6) is 0 Å². The van der Waals surface area contributed by atoms with Gasteiger partial charge in [0.25, 0.3) is 5.91 Å². The second kappa shape index (κ2) is 9.08. The van der Waals surface area contributed by atoms with Crippen molar-refractivity contribution in [3.63, 3.8) is 0 Å². The highest BCUT2D eigenvalue weighted by Crippen LogP contribution is 2.09. The van der Waals surface area contributed by atoms with E-state index in [-0.39, 0.29) is 11.8 Å². The van der Waals surface area contributed by atoms with Crippen molar-refractivity contribution in [1.82, 2.24) is 10.6 Å². The molecule has 24 heavy (non-hydrogen) atoms. The van der Waals surface area contributed by atoms with Crippen LogP contribution >= 0.6 is 11.6 Å². The van der Waals surface area contributed by atoms with Crippen LogP contribution in [-0.2, 0) is 11.2 Å². The normalized spacial score (nSPS) is 10.2. The molecule has 0 aromatic heterocycles. The number of amides is 2. The van der Waals surface area contributed by atoms with Crippen molar-refractivity contribution in [3.8, 4) is 0 Å². The van der Waals surface area contributed by atoms with Gasteiger partial charge in [-0.2, -0.15) is 0 Å². The first-order valence-electron chi connectivity index (χ1n) is 7.90. The number of carbonyl (C=O) groups excluding carboxylic acids is 2. The molecule has 2 amide bonds. The molecular formula is C19H21ClN2O2. The summed E-state index contributed by atoms with van der Waals surface area (Å²) >= 11 is 5.78. The van der Waals surface area contributed by atoms with E-state index < -0.39 is 0 Å². The highest BCUT2D eigenvalue weighted by molar-refractivity contribution is 6.30. The molecule has 0 bridgehead atoms. The van der Waals surface area contributed by atoms with Crippen LogP contribution in [0.2, 0.25) is 5.02 Å². The largest absolute Gasteiger partial charge is 0.354 e. The molecule has 0 aliphatic heterocycles. The minimum atomic E-state index is -0.180. The summed E-state index contributed by atoms with van der Waals surface area (Å²) < 4.78 is 0. The second-order valence-corrected chi connectivity index (χ2v) is 6.04. The summed E-state index contributed by atoms with van der Waals surface area (Å²) in [5.74, 6) is -0.196. The number of halogens is 1. The Kier molecular flexibility index (Phi) is 6.82. The Morgan fingerprint density at radius 2 is 1.71 bits per heavy atom. The predicted octanol–water partition coefficient (Wildman–Crippen LogP) is 3.13. The van der Waals surface area contributed by atoms with Crippen molar-refractivity contribution in [1.29, 1.82) is 0 Å². The third kappa shape index (κ3) is 6.05. The maximum absolute atomic E-state index is 11.9. The monoisotopic (exact) mass is 344 g/mol. The molecule has 0 radical (unpaired) electrons. The van der Waals surface area contributed by atoms with Gasteiger partial charge in [-0.25, -0.2) is 0 Å². The average molecular weight is 345 g/mol. The quantitative estimate of drug-likeness (QED) is 0.758. The lowest BCUT2D eigenvalue weighted by molar-refractivity contribution is -0.121. The minimum Gasteiger partial charge on any atom is -0.354 e. The zero-order valence-electron chi connectivity index (χ0n) is 13.6. The Bertz CT molecular complexity index is 699. The van der Waals surface area contributed by atoms with Crippen molar-refractivity contribution in [2.45, 2.75) is 19.8 Å². The van der Waals surface area contributed by atoms with Crippen LogP contribution in [-0.4, -0.2) is 24.9 Å². The van der Waals surface area contributed by atoms with Crippen LogP contribution in [0.3, 0.4) is 0 Å². The Labute approximate surface area is 147 Å². The highest BCUT2D eigenvalue weighted by atomic mass is 35.5. The molecule has 0 spiro atoms. The van der Waals surface area contributed by atoms with Crippen LogP contribution in [0, 0.1) is 6.92 Å². The van der Waals surface area contributed by atoms with Crippen LogP contribution in [0.25, 0.3) is 0 Å². The average Bonchev–Trinajstić information content (AvgIpc) is 2.57. The van der Waals surface area contributed by atoms with E-state index in [4.69, 9.17) is 11.6 Å². The molecule has 0 aliphatic carbocycles. The van der Waals surface area contributed by atoms with Gasteiger partial charge >= 0.3 is 0 Å². The Morgan fingerprint density at radius 1 is 1.00 bits per heavy atom. The molecule has 126 valence electrons. The number of nitrogens with one attached hydrogen (secondary N) is 2. The van der Waals surface area contributed by atoms with E-state index in [1.54, 1.807) is 24.3 Å². The summed E-state index contributed by atoms with van der Waals surface area (Å²) in [5.41, 5.74) is 2.89. The summed E-state index contributed by atoms with van der Waals surface area (Å²) in [6, 6.07) is 14.8. The van der Waals surface area contributed by atoms with Crippen molar-refractivity contribution in [3.05, 3.63) is 70.2 Å². The number of hydrogen-bond donors (Lipinski definition) is 2. The molecule has 0 atom stereocenters. The first kappa shape index (κ1) is 18.0. The highest BCUT2D eigenvalue weighted by Gasteiger charge is 2.05. The fourth-order valence-electron chi connectivity index (χ4n) is 2.30. The zero-order chi connectivity index (χ0) is 17.4. The van der Waals surface area contributed by atoms with Gasteiger partial charge in [0.15, 0.2) is 0 Å². The first-order valence-corrected chi connectivity index (χ1v) is 8.28. The van der Waals surface area contributed by atoms with Crippen molar-refractivity contribution < 1.29 is 9.59 Å². The van der Waals surface area contributed by atoms with Gasteiger partial charge in [0.2, 0.25) is 5.91 Å². The molecule has 0 heterocycles. The van der Waals surface area contributed by atoms with Crippen LogP contribution < -0.4 is 10.6 Å².